The predicted molar refractivity (Wildman–Crippen MR) is 74.1 cm³/mol. The molecule has 7 heteroatoms. The summed E-state index contributed by atoms with van der Waals surface area (Å²) in [6.07, 6.45) is 0. The summed E-state index contributed by atoms with van der Waals surface area (Å²) in [4.78, 5) is 0. The average molecular weight is 296 g/mol. The molecule has 1 N–H and O–H groups in total. The van der Waals surface area contributed by atoms with Crippen LogP contribution in [0, 0.1) is 0 Å². The Morgan fingerprint density at radius 2 is 2.25 bits per heavy atom. The zero-order valence-corrected chi connectivity index (χ0v) is 11.6. The van der Waals surface area contributed by atoms with Gasteiger partial charge < -0.3 is 5.32 Å². The third-order valence-corrected chi connectivity index (χ3v) is 5.43. The molecule has 1 aliphatic heterocycles. The van der Waals surface area contributed by atoms with Crippen LogP contribution in [-0.2, 0) is 0 Å². The number of halogens is 2. The Kier molecular flexibility index (Phi) is 4.88. The third kappa shape index (κ3) is 3.58. The van der Waals surface area contributed by atoms with E-state index in [0.29, 0.717) is 15.6 Å². The lowest BCUT2D eigenvalue weighted by Crippen LogP contribution is -2.23. The van der Waals surface area contributed by atoms with Crippen molar-refractivity contribution < 1.29 is 0 Å². The highest BCUT2D eigenvalue weighted by Gasteiger charge is 2.14. The van der Waals surface area contributed by atoms with Crippen LogP contribution in [0.25, 0.3) is 0 Å². The van der Waals surface area contributed by atoms with Crippen LogP contribution in [0.4, 0.5) is 5.69 Å². The molecule has 0 amide bonds. The molecule has 0 radical (unpaired) electrons. The minimum atomic E-state index is 0.359. The second kappa shape index (κ2) is 6.19. The van der Waals surface area contributed by atoms with Crippen molar-refractivity contribution >= 4 is 52.4 Å². The highest BCUT2D eigenvalue weighted by molar-refractivity contribution is 8.06. The molecule has 2 rings (SSSR count). The van der Waals surface area contributed by atoms with E-state index in [1.165, 1.54) is 17.3 Å². The zero-order chi connectivity index (χ0) is 11.4. The van der Waals surface area contributed by atoms with Crippen molar-refractivity contribution in [3.8, 4) is 0 Å². The largest absolute Gasteiger partial charge is 0.381 e. The van der Waals surface area contributed by atoms with Gasteiger partial charge in [-0.2, -0.15) is 23.5 Å². The van der Waals surface area contributed by atoms with Crippen molar-refractivity contribution in [2.24, 2.45) is 0 Å². The quantitative estimate of drug-likeness (QED) is 0.928. The van der Waals surface area contributed by atoms with Crippen LogP contribution >= 0.6 is 46.7 Å². The lowest BCUT2D eigenvalue weighted by molar-refractivity contribution is 0.984. The van der Waals surface area contributed by atoms with Crippen LogP contribution in [0.15, 0.2) is 6.07 Å². The van der Waals surface area contributed by atoms with Crippen LogP contribution in [0.2, 0.25) is 10.3 Å². The van der Waals surface area contributed by atoms with Crippen molar-refractivity contribution in [3.63, 3.8) is 0 Å². The van der Waals surface area contributed by atoms with Crippen molar-refractivity contribution in [1.82, 2.24) is 10.2 Å². The predicted octanol–water partition coefficient (Wildman–Crippen LogP) is 3.04. The van der Waals surface area contributed by atoms with Crippen molar-refractivity contribution in [1.29, 1.82) is 0 Å². The van der Waals surface area contributed by atoms with Gasteiger partial charge in [-0.1, -0.05) is 23.2 Å². The summed E-state index contributed by atoms with van der Waals surface area (Å²) in [6.45, 7) is 0.888. The Morgan fingerprint density at radius 1 is 1.38 bits per heavy atom. The molecule has 3 nitrogen and oxygen atoms in total. The maximum atomic E-state index is 5.91. The molecule has 1 saturated heterocycles. The Bertz CT molecular complexity index is 359. The van der Waals surface area contributed by atoms with Gasteiger partial charge in [0, 0.05) is 35.1 Å². The lowest BCUT2D eigenvalue weighted by atomic mass is 10.4. The summed E-state index contributed by atoms with van der Waals surface area (Å²) in [6, 6.07) is 1.71. The fourth-order valence-electron chi connectivity index (χ4n) is 1.36. The summed E-state index contributed by atoms with van der Waals surface area (Å²) in [5.41, 5.74) is 0.762. The lowest BCUT2D eigenvalue weighted by Gasteiger charge is -2.21. The van der Waals surface area contributed by atoms with Gasteiger partial charge in [-0.25, -0.2) is 0 Å². The van der Waals surface area contributed by atoms with Crippen LogP contribution in [0.1, 0.15) is 0 Å². The first-order valence-electron chi connectivity index (χ1n) is 4.87. The SMILES string of the molecule is Clc1cc(NCC2CSCCS2)c(Cl)nn1. The van der Waals surface area contributed by atoms with Gasteiger partial charge in [-0.3, -0.25) is 0 Å². The van der Waals surface area contributed by atoms with E-state index < -0.39 is 0 Å². The summed E-state index contributed by atoms with van der Waals surface area (Å²) in [5.74, 6) is 3.66. The van der Waals surface area contributed by atoms with E-state index in [4.69, 9.17) is 23.2 Å². The molecular formula is C9H11Cl2N3S2. The average Bonchev–Trinajstić information content (AvgIpc) is 2.32. The van der Waals surface area contributed by atoms with Gasteiger partial charge in [0.1, 0.15) is 0 Å². The molecule has 1 aromatic rings. The molecule has 2 heterocycles. The van der Waals surface area contributed by atoms with E-state index in [2.05, 4.69) is 15.5 Å². The molecule has 1 aliphatic rings. The second-order valence-electron chi connectivity index (χ2n) is 3.32. The highest BCUT2D eigenvalue weighted by atomic mass is 35.5. The molecule has 0 saturated carbocycles. The molecule has 0 aliphatic carbocycles. The molecule has 1 unspecified atom stereocenters. The molecular weight excluding hydrogens is 285 g/mol. The standard InChI is InChI=1S/C9H11Cl2N3S2/c10-8-3-7(9(11)14-13-8)12-4-6-5-15-1-2-16-6/h3,6H,1-2,4-5H2,(H,12,13). The maximum absolute atomic E-state index is 5.91. The zero-order valence-electron chi connectivity index (χ0n) is 8.45. The number of aromatic nitrogens is 2. The summed E-state index contributed by atoms with van der Waals surface area (Å²) in [7, 11) is 0. The van der Waals surface area contributed by atoms with Crippen molar-refractivity contribution in [2.75, 3.05) is 29.1 Å². The molecule has 0 aromatic carbocycles. The normalized spacial score (nSPS) is 20.8. The summed E-state index contributed by atoms with van der Waals surface area (Å²) in [5, 5.41) is 12.0. The van der Waals surface area contributed by atoms with E-state index >= 15 is 0 Å². The molecule has 16 heavy (non-hydrogen) atoms. The first-order valence-corrected chi connectivity index (χ1v) is 7.83. The van der Waals surface area contributed by atoms with E-state index in [1.54, 1.807) is 6.07 Å². The van der Waals surface area contributed by atoms with Gasteiger partial charge in [0.05, 0.1) is 5.69 Å². The molecule has 1 aromatic heterocycles. The fourth-order valence-corrected chi connectivity index (χ4v) is 4.27. The van der Waals surface area contributed by atoms with Crippen LogP contribution in [-0.4, -0.2) is 39.3 Å². The van der Waals surface area contributed by atoms with Crippen LogP contribution < -0.4 is 5.32 Å². The van der Waals surface area contributed by atoms with Gasteiger partial charge in [0.15, 0.2) is 10.3 Å². The van der Waals surface area contributed by atoms with Crippen molar-refractivity contribution in [2.45, 2.75) is 5.25 Å². The van der Waals surface area contributed by atoms with E-state index in [-0.39, 0.29) is 0 Å². The second-order valence-corrected chi connectivity index (χ2v) is 6.62. The van der Waals surface area contributed by atoms with Gasteiger partial charge >= 0.3 is 0 Å². The van der Waals surface area contributed by atoms with Crippen molar-refractivity contribution in [3.05, 3.63) is 16.4 Å². The molecule has 1 fully saturated rings. The number of rotatable bonds is 3. The Morgan fingerprint density at radius 3 is 3.00 bits per heavy atom. The topological polar surface area (TPSA) is 37.8 Å². The van der Waals surface area contributed by atoms with Gasteiger partial charge in [-0.15, -0.1) is 10.2 Å². The minimum Gasteiger partial charge on any atom is -0.381 e. The fraction of sp³-hybridized carbons (Fsp3) is 0.556. The first kappa shape index (κ1) is 12.6. The number of hydrogen-bond acceptors (Lipinski definition) is 5. The van der Waals surface area contributed by atoms with Gasteiger partial charge in [-0.05, 0) is 0 Å². The van der Waals surface area contributed by atoms with Gasteiger partial charge in [0.25, 0.3) is 0 Å². The Hall–Kier alpha value is 0.160. The maximum Gasteiger partial charge on any atom is 0.174 e. The molecule has 1 atom stereocenters. The number of hydrogen-bond donors (Lipinski definition) is 1. The Labute approximate surface area is 113 Å². The summed E-state index contributed by atoms with van der Waals surface area (Å²) >= 11 is 15.7. The highest BCUT2D eigenvalue weighted by Crippen LogP contribution is 2.26. The van der Waals surface area contributed by atoms with E-state index in [1.807, 2.05) is 23.5 Å². The Balaban J connectivity index is 1.90. The molecule has 88 valence electrons. The summed E-state index contributed by atoms with van der Waals surface area (Å²) < 4.78 is 0. The molecule has 0 spiro atoms. The number of anilines is 1. The molecule has 0 bridgehead atoms. The van der Waals surface area contributed by atoms with Crippen LogP contribution in [0.5, 0.6) is 0 Å². The number of nitrogens with one attached hydrogen (secondary N) is 1. The van der Waals surface area contributed by atoms with Gasteiger partial charge in [0.2, 0.25) is 0 Å². The van der Waals surface area contributed by atoms with Crippen LogP contribution in [0.3, 0.4) is 0 Å². The number of thioether (sulfide) groups is 2. The minimum absolute atomic E-state index is 0.359. The number of nitrogens with zero attached hydrogens (tertiary/aromatic N) is 2. The first-order chi connectivity index (χ1) is 7.75. The van der Waals surface area contributed by atoms with E-state index in [0.717, 1.165) is 12.2 Å². The third-order valence-electron chi connectivity index (χ3n) is 2.12. The smallest absolute Gasteiger partial charge is 0.174 e. The monoisotopic (exact) mass is 295 g/mol. The van der Waals surface area contributed by atoms with E-state index in [9.17, 15) is 0 Å².